The van der Waals surface area contributed by atoms with Gasteiger partial charge in [-0.25, -0.2) is 12.8 Å². The zero-order valence-corrected chi connectivity index (χ0v) is 26.4. The van der Waals surface area contributed by atoms with Gasteiger partial charge >= 0.3 is 0 Å². The summed E-state index contributed by atoms with van der Waals surface area (Å²) in [7, 11) is -4.24. The second-order valence-corrected chi connectivity index (χ2v) is 13.7. The van der Waals surface area contributed by atoms with Crippen molar-refractivity contribution in [3.63, 3.8) is 0 Å². The van der Waals surface area contributed by atoms with Crippen LogP contribution < -0.4 is 9.62 Å². The zero-order chi connectivity index (χ0) is 31.9. The van der Waals surface area contributed by atoms with Gasteiger partial charge in [-0.1, -0.05) is 78.3 Å². The van der Waals surface area contributed by atoms with E-state index >= 15 is 0 Å². The van der Waals surface area contributed by atoms with E-state index in [0.29, 0.717) is 5.02 Å². The van der Waals surface area contributed by atoms with Gasteiger partial charge in [0, 0.05) is 29.1 Å². The molecule has 0 unspecified atom stereocenters. The smallest absolute Gasteiger partial charge is 0.264 e. The van der Waals surface area contributed by atoms with Crippen molar-refractivity contribution in [2.75, 3.05) is 10.8 Å². The Bertz CT molecular complexity index is 1680. The van der Waals surface area contributed by atoms with Crippen molar-refractivity contribution in [2.45, 2.75) is 50.2 Å². The third-order valence-corrected chi connectivity index (χ3v) is 8.83. The van der Waals surface area contributed by atoms with Crippen molar-refractivity contribution in [3.05, 3.63) is 131 Å². The van der Waals surface area contributed by atoms with Crippen molar-refractivity contribution in [1.29, 1.82) is 0 Å². The molecular weight excluding hydrogens is 601 g/mol. The fraction of sp³-hybridized carbons (Fsp3) is 0.235. The lowest BCUT2D eigenvalue weighted by Gasteiger charge is -2.35. The Morgan fingerprint density at radius 2 is 1.41 bits per heavy atom. The Morgan fingerprint density at radius 1 is 0.841 bits per heavy atom. The number of amides is 2. The van der Waals surface area contributed by atoms with Gasteiger partial charge in [0.2, 0.25) is 11.8 Å². The first kappa shape index (κ1) is 32.7. The lowest BCUT2D eigenvalue weighted by atomic mass is 10.0. The molecule has 0 aliphatic heterocycles. The van der Waals surface area contributed by atoms with Crippen LogP contribution in [-0.2, 0) is 32.6 Å². The number of rotatable bonds is 11. The molecule has 7 nitrogen and oxygen atoms in total. The molecule has 1 N–H and O–H groups in total. The predicted octanol–water partition coefficient (Wildman–Crippen LogP) is 6.23. The molecule has 0 heterocycles. The molecule has 0 fully saturated rings. The molecular formula is C34H35ClFN3O4S. The van der Waals surface area contributed by atoms with Gasteiger partial charge in [0.05, 0.1) is 10.6 Å². The minimum atomic E-state index is -4.24. The van der Waals surface area contributed by atoms with E-state index in [9.17, 15) is 22.4 Å². The maximum absolute atomic E-state index is 15.0. The summed E-state index contributed by atoms with van der Waals surface area (Å²) in [5, 5.41) is 3.34. The van der Waals surface area contributed by atoms with Crippen molar-refractivity contribution >= 4 is 39.1 Å². The molecule has 0 bridgehead atoms. The van der Waals surface area contributed by atoms with Crippen LogP contribution in [0.5, 0.6) is 0 Å². The van der Waals surface area contributed by atoms with Crippen LogP contribution in [0.1, 0.15) is 31.9 Å². The highest BCUT2D eigenvalue weighted by molar-refractivity contribution is 7.92. The number of nitrogens with zero attached hydrogens (tertiary/aromatic N) is 2. The molecule has 0 radical (unpaired) electrons. The number of nitrogens with one attached hydrogen (secondary N) is 1. The van der Waals surface area contributed by atoms with E-state index in [0.717, 1.165) is 9.87 Å². The van der Waals surface area contributed by atoms with E-state index in [1.165, 1.54) is 59.5 Å². The first-order valence-corrected chi connectivity index (χ1v) is 15.9. The maximum atomic E-state index is 15.0. The number of halogens is 2. The van der Waals surface area contributed by atoms with Gasteiger partial charge < -0.3 is 10.2 Å². The summed E-state index contributed by atoms with van der Waals surface area (Å²) in [6, 6.07) is 27.9. The Morgan fingerprint density at radius 3 is 2.00 bits per heavy atom. The van der Waals surface area contributed by atoms with Crippen LogP contribution in [0.15, 0.2) is 114 Å². The van der Waals surface area contributed by atoms with Crippen LogP contribution in [-0.4, -0.2) is 43.3 Å². The summed E-state index contributed by atoms with van der Waals surface area (Å²) in [5.41, 5.74) is 0.534. The van der Waals surface area contributed by atoms with E-state index in [2.05, 4.69) is 5.32 Å². The molecule has 4 rings (SSSR count). The molecule has 0 saturated carbocycles. The molecule has 0 aliphatic rings. The van der Waals surface area contributed by atoms with Gasteiger partial charge in [-0.2, -0.15) is 0 Å². The molecule has 1 atom stereocenters. The summed E-state index contributed by atoms with van der Waals surface area (Å²) in [5.74, 6) is -1.69. The van der Waals surface area contributed by atoms with E-state index < -0.39 is 45.8 Å². The lowest BCUT2D eigenvalue weighted by Crippen LogP contribution is -2.56. The minimum absolute atomic E-state index is 0.0188. The van der Waals surface area contributed by atoms with Crippen molar-refractivity contribution in [2.24, 2.45) is 0 Å². The van der Waals surface area contributed by atoms with Crippen molar-refractivity contribution in [3.8, 4) is 0 Å². The van der Waals surface area contributed by atoms with Crippen molar-refractivity contribution in [1.82, 2.24) is 10.2 Å². The van der Waals surface area contributed by atoms with Gasteiger partial charge in [-0.15, -0.1) is 0 Å². The van der Waals surface area contributed by atoms with E-state index in [4.69, 9.17) is 11.6 Å². The Hall–Kier alpha value is -4.21. The molecule has 230 valence electrons. The Balaban J connectivity index is 1.82. The number of carbonyl (C=O) groups is 2. The van der Waals surface area contributed by atoms with Crippen LogP contribution in [0.2, 0.25) is 5.02 Å². The summed E-state index contributed by atoms with van der Waals surface area (Å²) in [6.07, 6.45) is 0.120. The van der Waals surface area contributed by atoms with Crippen LogP contribution in [0.4, 0.5) is 10.1 Å². The Kier molecular flexibility index (Phi) is 10.4. The van der Waals surface area contributed by atoms with Gasteiger partial charge in [0.15, 0.2) is 0 Å². The molecule has 2 amide bonds. The van der Waals surface area contributed by atoms with Gasteiger partial charge in [0.1, 0.15) is 18.4 Å². The molecule has 0 spiro atoms. The quantitative estimate of drug-likeness (QED) is 0.212. The van der Waals surface area contributed by atoms with Crippen LogP contribution in [0.3, 0.4) is 0 Å². The van der Waals surface area contributed by atoms with E-state index in [1.54, 1.807) is 24.3 Å². The maximum Gasteiger partial charge on any atom is 0.264 e. The van der Waals surface area contributed by atoms with Gasteiger partial charge in [0.25, 0.3) is 10.0 Å². The third kappa shape index (κ3) is 8.45. The fourth-order valence-electron chi connectivity index (χ4n) is 4.67. The molecule has 4 aromatic carbocycles. The van der Waals surface area contributed by atoms with Gasteiger partial charge in [-0.05, 0) is 68.8 Å². The molecule has 10 heteroatoms. The Labute approximate surface area is 263 Å². The lowest BCUT2D eigenvalue weighted by molar-refractivity contribution is -0.140. The van der Waals surface area contributed by atoms with Crippen molar-refractivity contribution < 1.29 is 22.4 Å². The van der Waals surface area contributed by atoms with Crippen LogP contribution >= 0.6 is 11.6 Å². The molecule has 4 aromatic rings. The van der Waals surface area contributed by atoms with Gasteiger partial charge in [-0.3, -0.25) is 13.9 Å². The second kappa shape index (κ2) is 14.1. The third-order valence-electron chi connectivity index (χ3n) is 6.79. The number of hydrogen-bond donors (Lipinski definition) is 1. The standard InChI is InChI=1S/C34H35ClFN3O4S/c1-34(2,3)37-33(41)31(22-25-12-6-4-7-13-25)38(23-26-14-10-11-17-30(26)36)32(40)24-39(28-20-18-27(35)19-21-28)44(42,43)29-15-8-5-9-16-29/h4-21,31H,22-24H2,1-3H3,(H,37,41)/t31-/m0/s1. The van der Waals surface area contributed by atoms with Crippen LogP contribution in [0, 0.1) is 5.82 Å². The molecule has 44 heavy (non-hydrogen) atoms. The zero-order valence-electron chi connectivity index (χ0n) is 24.8. The summed E-state index contributed by atoms with van der Waals surface area (Å²) < 4.78 is 43.9. The fourth-order valence-corrected chi connectivity index (χ4v) is 6.23. The van der Waals surface area contributed by atoms with Crippen LogP contribution in [0.25, 0.3) is 0 Å². The molecule has 0 aromatic heterocycles. The topological polar surface area (TPSA) is 86.8 Å². The highest BCUT2D eigenvalue weighted by Crippen LogP contribution is 2.26. The average Bonchev–Trinajstić information content (AvgIpc) is 2.99. The number of sulfonamides is 1. The number of hydrogen-bond acceptors (Lipinski definition) is 4. The first-order valence-electron chi connectivity index (χ1n) is 14.1. The summed E-state index contributed by atoms with van der Waals surface area (Å²) in [4.78, 5) is 29.5. The molecule has 0 saturated heterocycles. The normalized spacial score (nSPS) is 12.3. The number of benzene rings is 4. The van der Waals surface area contributed by atoms with E-state index in [-0.39, 0.29) is 29.1 Å². The number of anilines is 1. The SMILES string of the molecule is CC(C)(C)NC(=O)[C@H](Cc1ccccc1)N(Cc1ccccc1F)C(=O)CN(c1ccc(Cl)cc1)S(=O)(=O)c1ccccc1. The number of carbonyl (C=O) groups excluding carboxylic acids is 2. The van der Waals surface area contributed by atoms with E-state index in [1.807, 2.05) is 51.1 Å². The summed E-state index contributed by atoms with van der Waals surface area (Å²) >= 11 is 6.09. The first-order chi connectivity index (χ1) is 20.8. The largest absolute Gasteiger partial charge is 0.350 e. The average molecular weight is 636 g/mol. The summed E-state index contributed by atoms with van der Waals surface area (Å²) in [6.45, 7) is 4.55. The minimum Gasteiger partial charge on any atom is -0.350 e. The highest BCUT2D eigenvalue weighted by Gasteiger charge is 2.36. The monoisotopic (exact) mass is 635 g/mol. The second-order valence-electron chi connectivity index (χ2n) is 11.4. The highest BCUT2D eigenvalue weighted by atomic mass is 35.5. The predicted molar refractivity (Wildman–Crippen MR) is 171 cm³/mol. The molecule has 0 aliphatic carbocycles.